The summed E-state index contributed by atoms with van der Waals surface area (Å²) in [5.74, 6) is -1.11. The molecule has 0 aromatic heterocycles. The molecule has 3 rings (SSSR count). The van der Waals surface area contributed by atoms with Gasteiger partial charge < -0.3 is 28.4 Å². The second kappa shape index (κ2) is 16.4. The first-order valence-electron chi connectivity index (χ1n) is 13.6. The summed E-state index contributed by atoms with van der Waals surface area (Å²) < 4.78 is 32.5. The number of carbonyl (C=O) groups excluding carboxylic acids is 4. The normalized spacial score (nSPS) is 16.8. The van der Waals surface area contributed by atoms with Gasteiger partial charge in [-0.3, -0.25) is 0 Å². The van der Waals surface area contributed by atoms with Gasteiger partial charge in [0.15, 0.2) is 11.7 Å². The molecule has 10 heteroatoms. The number of ether oxygens (including phenoxy) is 6. The topological polar surface area (TPSA) is 124 Å². The van der Waals surface area contributed by atoms with Gasteiger partial charge in [0.05, 0.1) is 37.6 Å². The minimum atomic E-state index is -1.25. The SMILES string of the molecule is C=CC(=O)OCCCOc1ccc(C(=O)OC2C=CC=CC2(C)OC(=O)c2ccc(OCCCOC(=O)C=C)cc2)cc1. The van der Waals surface area contributed by atoms with Crippen LogP contribution in [0.5, 0.6) is 11.5 Å². The van der Waals surface area contributed by atoms with Crippen LogP contribution in [0.1, 0.15) is 40.5 Å². The molecule has 0 amide bonds. The molecule has 2 aromatic carbocycles. The van der Waals surface area contributed by atoms with Gasteiger partial charge >= 0.3 is 23.9 Å². The Morgan fingerprint density at radius 3 is 1.70 bits per heavy atom. The molecule has 0 radical (unpaired) electrons. The number of benzene rings is 2. The Hall–Kier alpha value is -5.12. The predicted molar refractivity (Wildman–Crippen MR) is 157 cm³/mol. The van der Waals surface area contributed by atoms with E-state index in [9.17, 15) is 19.2 Å². The zero-order chi connectivity index (χ0) is 31.1. The molecule has 10 nitrogen and oxygen atoms in total. The van der Waals surface area contributed by atoms with Crippen LogP contribution in [0.3, 0.4) is 0 Å². The average Bonchev–Trinajstić information content (AvgIpc) is 3.02. The Labute approximate surface area is 250 Å². The predicted octanol–water partition coefficient (Wildman–Crippen LogP) is 4.95. The molecule has 2 aromatic rings. The molecule has 1 aliphatic carbocycles. The highest BCUT2D eigenvalue weighted by molar-refractivity contribution is 5.91. The quantitative estimate of drug-likeness (QED) is 0.115. The van der Waals surface area contributed by atoms with Crippen LogP contribution in [0.2, 0.25) is 0 Å². The maximum atomic E-state index is 13.0. The van der Waals surface area contributed by atoms with E-state index in [0.29, 0.717) is 43.1 Å². The van der Waals surface area contributed by atoms with Crippen LogP contribution in [0.25, 0.3) is 0 Å². The van der Waals surface area contributed by atoms with Crippen molar-refractivity contribution in [3.8, 4) is 11.5 Å². The van der Waals surface area contributed by atoms with Crippen LogP contribution in [0, 0.1) is 0 Å². The standard InChI is InChI=1S/C33H34O10/c1-4-29(34)40-22-8-20-38-26-15-11-24(12-16-26)31(36)42-28-10-6-7-19-33(28,3)43-32(37)25-13-17-27(18-14-25)39-21-9-23-41-30(35)5-2/h4-7,10-19,28H,1-2,8-9,20-23H2,3H3. The summed E-state index contributed by atoms with van der Waals surface area (Å²) in [5, 5.41) is 0. The molecule has 2 atom stereocenters. The van der Waals surface area contributed by atoms with E-state index < -0.39 is 35.6 Å². The fraction of sp³-hybridized carbons (Fsp3) is 0.273. The highest BCUT2D eigenvalue weighted by Gasteiger charge is 2.39. The summed E-state index contributed by atoms with van der Waals surface area (Å²) in [7, 11) is 0. The van der Waals surface area contributed by atoms with Crippen molar-refractivity contribution in [1.29, 1.82) is 0 Å². The van der Waals surface area contributed by atoms with E-state index in [1.165, 1.54) is 0 Å². The highest BCUT2D eigenvalue weighted by Crippen LogP contribution is 2.28. The van der Waals surface area contributed by atoms with E-state index in [4.69, 9.17) is 28.4 Å². The van der Waals surface area contributed by atoms with Crippen molar-refractivity contribution in [2.75, 3.05) is 26.4 Å². The van der Waals surface area contributed by atoms with Crippen molar-refractivity contribution in [2.45, 2.75) is 31.5 Å². The van der Waals surface area contributed by atoms with Gasteiger partial charge in [-0.1, -0.05) is 25.3 Å². The van der Waals surface area contributed by atoms with Crippen molar-refractivity contribution >= 4 is 23.9 Å². The lowest BCUT2D eigenvalue weighted by Gasteiger charge is -2.34. The third-order valence-electron chi connectivity index (χ3n) is 6.05. The first-order chi connectivity index (χ1) is 20.7. The molecule has 0 saturated carbocycles. The van der Waals surface area contributed by atoms with Gasteiger partial charge in [0.25, 0.3) is 0 Å². The fourth-order valence-electron chi connectivity index (χ4n) is 3.72. The average molecular weight is 591 g/mol. The largest absolute Gasteiger partial charge is 0.493 e. The van der Waals surface area contributed by atoms with Crippen LogP contribution in [-0.2, 0) is 28.5 Å². The zero-order valence-corrected chi connectivity index (χ0v) is 23.9. The van der Waals surface area contributed by atoms with Gasteiger partial charge in [-0.25, -0.2) is 19.2 Å². The monoisotopic (exact) mass is 590 g/mol. The summed E-state index contributed by atoms with van der Waals surface area (Å²) in [6, 6.07) is 12.8. The number of carbonyl (C=O) groups is 4. The maximum Gasteiger partial charge on any atom is 0.339 e. The molecule has 1 aliphatic rings. The van der Waals surface area contributed by atoms with Crippen molar-refractivity contribution in [3.63, 3.8) is 0 Å². The first-order valence-corrected chi connectivity index (χ1v) is 13.6. The third kappa shape index (κ3) is 10.3. The van der Waals surface area contributed by atoms with E-state index in [1.807, 2.05) is 0 Å². The smallest absolute Gasteiger partial charge is 0.339 e. The summed E-state index contributed by atoms with van der Waals surface area (Å²) in [5.41, 5.74) is -0.674. The van der Waals surface area contributed by atoms with E-state index >= 15 is 0 Å². The Morgan fingerprint density at radius 2 is 1.21 bits per heavy atom. The number of esters is 4. The summed E-state index contributed by atoms with van der Waals surface area (Å²) in [6.07, 6.45) is 9.03. The molecule has 0 aliphatic heterocycles. The summed E-state index contributed by atoms with van der Waals surface area (Å²) in [4.78, 5) is 48.0. The van der Waals surface area contributed by atoms with Crippen molar-refractivity contribution in [1.82, 2.24) is 0 Å². The molecule has 0 heterocycles. The van der Waals surface area contributed by atoms with Gasteiger partial charge in [-0.15, -0.1) is 0 Å². The lowest BCUT2D eigenvalue weighted by Crippen LogP contribution is -2.44. The molecule has 0 N–H and O–H groups in total. The van der Waals surface area contributed by atoms with Crippen LogP contribution in [0.4, 0.5) is 0 Å². The Bertz CT molecular complexity index is 1340. The molecule has 2 unspecified atom stereocenters. The number of rotatable bonds is 16. The minimum Gasteiger partial charge on any atom is -0.493 e. The molecule has 0 saturated heterocycles. The van der Waals surface area contributed by atoms with Gasteiger partial charge in [-0.2, -0.15) is 0 Å². The molecule has 0 fully saturated rings. The van der Waals surface area contributed by atoms with E-state index in [2.05, 4.69) is 13.2 Å². The number of hydrogen-bond donors (Lipinski definition) is 0. The van der Waals surface area contributed by atoms with Crippen LogP contribution < -0.4 is 9.47 Å². The van der Waals surface area contributed by atoms with E-state index in [0.717, 1.165) is 12.2 Å². The van der Waals surface area contributed by atoms with Crippen molar-refractivity contribution in [2.24, 2.45) is 0 Å². The highest BCUT2D eigenvalue weighted by atomic mass is 16.6. The third-order valence-corrected chi connectivity index (χ3v) is 6.05. The maximum absolute atomic E-state index is 13.0. The van der Waals surface area contributed by atoms with Gasteiger partial charge in [-0.05, 0) is 67.6 Å². The molecular formula is C33H34O10. The van der Waals surface area contributed by atoms with Crippen LogP contribution in [0.15, 0.2) is 98.1 Å². The second-order valence-corrected chi connectivity index (χ2v) is 9.34. The van der Waals surface area contributed by atoms with Gasteiger partial charge in [0.2, 0.25) is 0 Å². The Balaban J connectivity index is 1.50. The minimum absolute atomic E-state index is 0.208. The second-order valence-electron chi connectivity index (χ2n) is 9.34. The van der Waals surface area contributed by atoms with Crippen LogP contribution in [-0.4, -0.2) is 62.0 Å². The van der Waals surface area contributed by atoms with Crippen molar-refractivity contribution in [3.05, 3.63) is 109 Å². The first kappa shape index (κ1) is 32.4. The number of hydrogen-bond acceptors (Lipinski definition) is 10. The van der Waals surface area contributed by atoms with E-state index in [-0.39, 0.29) is 18.8 Å². The molecule has 226 valence electrons. The number of allylic oxidation sites excluding steroid dienone is 2. The Morgan fingerprint density at radius 1 is 0.721 bits per heavy atom. The lowest BCUT2D eigenvalue weighted by molar-refractivity contribution is -0.138. The summed E-state index contributed by atoms with van der Waals surface area (Å²) >= 11 is 0. The van der Waals surface area contributed by atoms with Gasteiger partial charge in [0, 0.05) is 25.0 Å². The Kier molecular flexibility index (Phi) is 12.3. The molecular weight excluding hydrogens is 556 g/mol. The fourth-order valence-corrected chi connectivity index (χ4v) is 3.72. The van der Waals surface area contributed by atoms with Crippen molar-refractivity contribution < 1.29 is 47.6 Å². The summed E-state index contributed by atoms with van der Waals surface area (Å²) in [6.45, 7) is 9.38. The molecule has 43 heavy (non-hydrogen) atoms. The molecule has 0 spiro atoms. The van der Waals surface area contributed by atoms with E-state index in [1.54, 1.807) is 79.8 Å². The van der Waals surface area contributed by atoms with Crippen LogP contribution >= 0.6 is 0 Å². The zero-order valence-electron chi connectivity index (χ0n) is 23.9. The molecule has 0 bridgehead atoms. The van der Waals surface area contributed by atoms with Gasteiger partial charge in [0.1, 0.15) is 11.5 Å². The lowest BCUT2D eigenvalue weighted by atomic mass is 9.93.